The number of para-hydroxylation sites is 1. The van der Waals surface area contributed by atoms with Gasteiger partial charge in [-0.25, -0.2) is 4.79 Å². The molecule has 0 aliphatic rings. The van der Waals surface area contributed by atoms with Crippen molar-refractivity contribution in [2.75, 3.05) is 16.9 Å². The summed E-state index contributed by atoms with van der Waals surface area (Å²) >= 11 is 1.57. The second kappa shape index (κ2) is 8.55. The van der Waals surface area contributed by atoms with Crippen LogP contribution >= 0.6 is 11.8 Å². The predicted molar refractivity (Wildman–Crippen MR) is 98.9 cm³/mol. The number of hydrogen-bond donors (Lipinski definition) is 1. The van der Waals surface area contributed by atoms with Crippen LogP contribution in [0, 0.1) is 6.92 Å². The molecule has 126 valence electrons. The van der Waals surface area contributed by atoms with Crippen molar-refractivity contribution in [3.63, 3.8) is 0 Å². The zero-order valence-corrected chi connectivity index (χ0v) is 14.6. The molecule has 0 radical (unpaired) electrons. The van der Waals surface area contributed by atoms with E-state index in [4.69, 9.17) is 0 Å². The third kappa shape index (κ3) is 4.17. The molecule has 0 saturated heterocycles. The van der Waals surface area contributed by atoms with E-state index in [-0.39, 0.29) is 5.91 Å². The lowest BCUT2D eigenvalue weighted by Gasteiger charge is -2.30. The van der Waals surface area contributed by atoms with Gasteiger partial charge in [0.15, 0.2) is 0 Å². The molecule has 1 atom stereocenters. The number of carbonyl (C=O) groups excluding carboxylic acids is 1. The zero-order valence-electron chi connectivity index (χ0n) is 13.8. The average molecular weight is 343 g/mol. The summed E-state index contributed by atoms with van der Waals surface area (Å²) in [6, 6.07) is 15.3. The lowest BCUT2D eigenvalue weighted by Crippen LogP contribution is -2.46. The van der Waals surface area contributed by atoms with Gasteiger partial charge in [-0.3, -0.25) is 9.69 Å². The van der Waals surface area contributed by atoms with Crippen LogP contribution in [0.15, 0.2) is 54.6 Å². The summed E-state index contributed by atoms with van der Waals surface area (Å²) in [5.74, 6) is -0.614. The maximum Gasteiger partial charge on any atom is 0.326 e. The predicted octanol–water partition coefficient (Wildman–Crippen LogP) is 3.85. The van der Waals surface area contributed by atoms with Crippen molar-refractivity contribution < 1.29 is 14.7 Å². The highest BCUT2D eigenvalue weighted by atomic mass is 32.2. The van der Waals surface area contributed by atoms with E-state index in [2.05, 4.69) is 0 Å². The van der Waals surface area contributed by atoms with Crippen molar-refractivity contribution in [2.24, 2.45) is 0 Å². The monoisotopic (exact) mass is 343 g/mol. The third-order valence-corrected chi connectivity index (χ3v) is 4.45. The van der Waals surface area contributed by atoms with Crippen molar-refractivity contribution >= 4 is 29.3 Å². The van der Waals surface area contributed by atoms with Gasteiger partial charge >= 0.3 is 5.97 Å². The van der Waals surface area contributed by atoms with Crippen LogP contribution in [0.1, 0.15) is 22.3 Å². The maximum absolute atomic E-state index is 13.1. The molecule has 5 heteroatoms. The van der Waals surface area contributed by atoms with Gasteiger partial charge in [-0.1, -0.05) is 36.4 Å². The van der Waals surface area contributed by atoms with Crippen LogP contribution in [0.3, 0.4) is 0 Å². The van der Waals surface area contributed by atoms with Gasteiger partial charge in [0.25, 0.3) is 5.91 Å². The number of carbonyl (C=O) groups is 2. The zero-order chi connectivity index (χ0) is 17.5. The highest BCUT2D eigenvalue weighted by Crippen LogP contribution is 2.26. The Morgan fingerprint density at radius 2 is 1.71 bits per heavy atom. The van der Waals surface area contributed by atoms with Crippen LogP contribution in [-0.2, 0) is 4.79 Å². The van der Waals surface area contributed by atoms with Gasteiger partial charge in [-0.15, -0.1) is 0 Å². The van der Waals surface area contributed by atoms with Gasteiger partial charge in [0, 0.05) is 11.3 Å². The molecule has 0 aliphatic heterocycles. The third-order valence-electron chi connectivity index (χ3n) is 3.81. The molecule has 1 amide bonds. The molecular weight excluding hydrogens is 322 g/mol. The summed E-state index contributed by atoms with van der Waals surface area (Å²) < 4.78 is 0. The number of hydrogen-bond acceptors (Lipinski definition) is 3. The molecular formula is C19H21NO3S. The summed E-state index contributed by atoms with van der Waals surface area (Å²) in [5.41, 5.74) is 1.99. The first-order valence-corrected chi connectivity index (χ1v) is 9.11. The van der Waals surface area contributed by atoms with Gasteiger partial charge in [-0.2, -0.15) is 11.8 Å². The molecule has 0 aliphatic carbocycles. The molecule has 1 N–H and O–H groups in total. The quantitative estimate of drug-likeness (QED) is 0.830. The molecule has 2 aromatic carbocycles. The summed E-state index contributed by atoms with van der Waals surface area (Å²) in [6.07, 6.45) is 2.32. The van der Waals surface area contributed by atoms with Crippen LogP contribution in [0.4, 0.5) is 5.69 Å². The SMILES string of the molecule is CSCCC(C(=O)O)N(C(=O)c1ccccc1)c1ccccc1C. The van der Waals surface area contributed by atoms with E-state index >= 15 is 0 Å². The van der Waals surface area contributed by atoms with Gasteiger partial charge in [0.05, 0.1) is 0 Å². The largest absolute Gasteiger partial charge is 0.480 e. The van der Waals surface area contributed by atoms with Crippen LogP contribution in [0.2, 0.25) is 0 Å². The minimum atomic E-state index is -0.989. The fourth-order valence-corrected chi connectivity index (χ4v) is 3.02. The van der Waals surface area contributed by atoms with Crippen LogP contribution in [0.5, 0.6) is 0 Å². The number of anilines is 1. The van der Waals surface area contributed by atoms with E-state index in [9.17, 15) is 14.7 Å². The molecule has 1 unspecified atom stereocenters. The fourth-order valence-electron chi connectivity index (χ4n) is 2.56. The Morgan fingerprint density at radius 3 is 2.29 bits per heavy atom. The minimum absolute atomic E-state index is 0.293. The van der Waals surface area contributed by atoms with Crippen molar-refractivity contribution in [1.82, 2.24) is 0 Å². The number of thioether (sulfide) groups is 1. The highest BCUT2D eigenvalue weighted by Gasteiger charge is 2.32. The molecule has 2 rings (SSSR count). The number of carboxylic acid groups (broad SMARTS) is 1. The average Bonchev–Trinajstić information content (AvgIpc) is 2.59. The topological polar surface area (TPSA) is 57.6 Å². The normalized spacial score (nSPS) is 11.8. The molecule has 0 saturated carbocycles. The van der Waals surface area contributed by atoms with Crippen molar-refractivity contribution in [3.05, 3.63) is 65.7 Å². The number of aliphatic carboxylic acids is 1. The molecule has 0 heterocycles. The van der Waals surface area contributed by atoms with Crippen molar-refractivity contribution in [2.45, 2.75) is 19.4 Å². The van der Waals surface area contributed by atoms with Gasteiger partial charge < -0.3 is 5.11 Å². The summed E-state index contributed by atoms with van der Waals surface area (Å²) in [5, 5.41) is 9.72. The van der Waals surface area contributed by atoms with E-state index < -0.39 is 12.0 Å². The van der Waals surface area contributed by atoms with Gasteiger partial charge in [0.1, 0.15) is 6.04 Å². The Balaban J connectivity index is 2.50. The molecule has 0 spiro atoms. The number of rotatable bonds is 7. The number of carboxylic acids is 1. The number of benzene rings is 2. The first-order chi connectivity index (χ1) is 11.6. The minimum Gasteiger partial charge on any atom is -0.480 e. The van der Waals surface area contributed by atoms with E-state index in [0.717, 1.165) is 5.56 Å². The summed E-state index contributed by atoms with van der Waals surface area (Å²) in [4.78, 5) is 26.3. The standard InChI is InChI=1S/C19H21NO3S/c1-14-8-6-7-11-16(14)20(17(19(22)23)12-13-24-2)18(21)15-9-4-3-5-10-15/h3-11,17H,12-13H2,1-2H3,(H,22,23). The Morgan fingerprint density at radius 1 is 1.08 bits per heavy atom. The highest BCUT2D eigenvalue weighted by molar-refractivity contribution is 7.98. The Kier molecular flexibility index (Phi) is 6.44. The number of aryl methyl sites for hydroxylation is 1. The van der Waals surface area contributed by atoms with Crippen molar-refractivity contribution in [3.8, 4) is 0 Å². The van der Waals surface area contributed by atoms with E-state index in [1.54, 1.807) is 42.1 Å². The van der Waals surface area contributed by atoms with E-state index in [0.29, 0.717) is 23.4 Å². The first kappa shape index (κ1) is 18.1. The number of nitrogens with zero attached hydrogens (tertiary/aromatic N) is 1. The molecule has 0 fully saturated rings. The second-order valence-corrected chi connectivity index (χ2v) is 6.45. The number of amides is 1. The molecule has 0 bridgehead atoms. The van der Waals surface area contributed by atoms with Crippen LogP contribution < -0.4 is 4.90 Å². The van der Waals surface area contributed by atoms with Gasteiger partial charge in [-0.05, 0) is 49.1 Å². The smallest absolute Gasteiger partial charge is 0.326 e. The van der Waals surface area contributed by atoms with Crippen LogP contribution in [0.25, 0.3) is 0 Å². The molecule has 2 aromatic rings. The van der Waals surface area contributed by atoms with E-state index in [1.165, 1.54) is 4.90 Å². The second-order valence-electron chi connectivity index (χ2n) is 5.46. The van der Waals surface area contributed by atoms with Crippen molar-refractivity contribution in [1.29, 1.82) is 0 Å². The Bertz CT molecular complexity index is 703. The molecule has 4 nitrogen and oxygen atoms in total. The summed E-state index contributed by atoms with van der Waals surface area (Å²) in [7, 11) is 0. The van der Waals surface area contributed by atoms with Crippen LogP contribution in [-0.4, -0.2) is 35.0 Å². The molecule has 0 aromatic heterocycles. The molecule has 24 heavy (non-hydrogen) atoms. The van der Waals surface area contributed by atoms with Gasteiger partial charge in [0.2, 0.25) is 0 Å². The lowest BCUT2D eigenvalue weighted by atomic mass is 10.1. The lowest BCUT2D eigenvalue weighted by molar-refractivity contribution is -0.138. The summed E-state index contributed by atoms with van der Waals surface area (Å²) in [6.45, 7) is 1.88. The Labute approximate surface area is 146 Å². The first-order valence-electron chi connectivity index (χ1n) is 7.72. The van der Waals surface area contributed by atoms with E-state index in [1.807, 2.05) is 37.4 Å². The maximum atomic E-state index is 13.1. The fraction of sp³-hybridized carbons (Fsp3) is 0.263. The Hall–Kier alpha value is -2.27.